The molecule has 0 saturated carbocycles. The number of rotatable bonds is 6. The molecule has 0 N–H and O–H groups in total. The summed E-state index contributed by atoms with van der Waals surface area (Å²) in [6.07, 6.45) is 0. The third-order valence-corrected chi connectivity index (χ3v) is 9.68. The predicted molar refractivity (Wildman–Crippen MR) is 210 cm³/mol. The van der Waals surface area contributed by atoms with Gasteiger partial charge in [-0.15, -0.1) is 0 Å². The standard InChI is InChI=1S/C47H30N2O2/c1-2-13-32(14-3-1)38-18-6-8-21-42(38)49(36-17-10-16-34(29-36)35-25-24-31-12-4-5-15-33(31)28-35)37-26-27-39-45(30-37)50-44-23-11-19-40(46(39)44)47-48-41-20-7-9-22-43(41)51-47/h1-30H. The normalized spacial score (nSPS) is 11.5. The highest BCUT2D eigenvalue weighted by atomic mass is 16.3. The number of anilines is 3. The molecule has 0 aliphatic heterocycles. The summed E-state index contributed by atoms with van der Waals surface area (Å²) in [5.74, 6) is 0.581. The zero-order valence-corrected chi connectivity index (χ0v) is 27.5. The molecule has 2 heterocycles. The van der Waals surface area contributed by atoms with E-state index in [1.165, 1.54) is 16.3 Å². The molecule has 0 spiro atoms. The van der Waals surface area contributed by atoms with Crippen LogP contribution in [0.4, 0.5) is 17.1 Å². The van der Waals surface area contributed by atoms with E-state index in [1.807, 2.05) is 36.4 Å². The number of furan rings is 1. The molecular formula is C47H30N2O2. The molecule has 10 rings (SSSR count). The van der Waals surface area contributed by atoms with Gasteiger partial charge in [-0.2, -0.15) is 0 Å². The van der Waals surface area contributed by atoms with E-state index in [9.17, 15) is 0 Å². The molecule has 240 valence electrons. The first kappa shape index (κ1) is 29.0. The van der Waals surface area contributed by atoms with Crippen molar-refractivity contribution in [2.24, 2.45) is 0 Å². The second-order valence-electron chi connectivity index (χ2n) is 12.8. The van der Waals surface area contributed by atoms with E-state index in [0.29, 0.717) is 5.89 Å². The topological polar surface area (TPSA) is 42.4 Å². The van der Waals surface area contributed by atoms with Crippen LogP contribution in [0.25, 0.3) is 77.5 Å². The fourth-order valence-corrected chi connectivity index (χ4v) is 7.27. The van der Waals surface area contributed by atoms with Crippen molar-refractivity contribution in [1.82, 2.24) is 4.98 Å². The van der Waals surface area contributed by atoms with Gasteiger partial charge in [0.1, 0.15) is 16.7 Å². The maximum Gasteiger partial charge on any atom is 0.228 e. The quantitative estimate of drug-likeness (QED) is 0.179. The van der Waals surface area contributed by atoms with Crippen LogP contribution in [-0.2, 0) is 0 Å². The minimum absolute atomic E-state index is 0.581. The Morgan fingerprint density at radius 1 is 0.412 bits per heavy atom. The number of hydrogen-bond donors (Lipinski definition) is 0. The van der Waals surface area contributed by atoms with Crippen LogP contribution in [0.5, 0.6) is 0 Å². The van der Waals surface area contributed by atoms with Gasteiger partial charge in [-0.1, -0.05) is 115 Å². The average molecular weight is 655 g/mol. The number of nitrogens with zero attached hydrogens (tertiary/aromatic N) is 2. The lowest BCUT2D eigenvalue weighted by molar-refractivity contribution is 0.620. The molecule has 4 heteroatoms. The third-order valence-electron chi connectivity index (χ3n) is 9.68. The van der Waals surface area contributed by atoms with Gasteiger partial charge in [0.05, 0.1) is 5.69 Å². The second kappa shape index (κ2) is 11.9. The number of benzene rings is 8. The summed E-state index contributed by atoms with van der Waals surface area (Å²) in [4.78, 5) is 7.15. The minimum Gasteiger partial charge on any atom is -0.456 e. The van der Waals surface area contributed by atoms with Crippen LogP contribution in [0, 0.1) is 0 Å². The van der Waals surface area contributed by atoms with Crippen LogP contribution >= 0.6 is 0 Å². The molecule has 10 aromatic rings. The van der Waals surface area contributed by atoms with Crippen LogP contribution in [0.2, 0.25) is 0 Å². The molecule has 51 heavy (non-hydrogen) atoms. The highest BCUT2D eigenvalue weighted by Crippen LogP contribution is 2.44. The molecule has 0 unspecified atom stereocenters. The first-order chi connectivity index (χ1) is 25.3. The first-order valence-corrected chi connectivity index (χ1v) is 17.1. The first-order valence-electron chi connectivity index (χ1n) is 17.1. The smallest absolute Gasteiger partial charge is 0.228 e. The molecule has 0 saturated heterocycles. The van der Waals surface area contributed by atoms with E-state index in [2.05, 4.69) is 150 Å². The second-order valence-corrected chi connectivity index (χ2v) is 12.8. The number of hydrogen-bond acceptors (Lipinski definition) is 4. The Kier molecular flexibility index (Phi) is 6.78. The van der Waals surface area contributed by atoms with Crippen molar-refractivity contribution < 1.29 is 8.83 Å². The number of oxazole rings is 1. The number of para-hydroxylation sites is 3. The summed E-state index contributed by atoms with van der Waals surface area (Å²) in [5, 5.41) is 4.45. The molecule has 0 aliphatic carbocycles. The van der Waals surface area contributed by atoms with Gasteiger partial charge in [0.2, 0.25) is 5.89 Å². The van der Waals surface area contributed by atoms with Gasteiger partial charge >= 0.3 is 0 Å². The Bertz CT molecular complexity index is 2850. The molecule has 4 nitrogen and oxygen atoms in total. The number of fused-ring (bicyclic) bond motifs is 5. The zero-order chi connectivity index (χ0) is 33.7. The lowest BCUT2D eigenvalue weighted by Crippen LogP contribution is -2.11. The largest absolute Gasteiger partial charge is 0.456 e. The van der Waals surface area contributed by atoms with Gasteiger partial charge in [-0.25, -0.2) is 4.98 Å². The van der Waals surface area contributed by atoms with Crippen molar-refractivity contribution >= 4 is 60.9 Å². The van der Waals surface area contributed by atoms with Gasteiger partial charge in [-0.05, 0) is 88.1 Å². The Morgan fingerprint density at radius 2 is 1.12 bits per heavy atom. The maximum absolute atomic E-state index is 6.60. The van der Waals surface area contributed by atoms with E-state index in [4.69, 9.17) is 13.8 Å². The lowest BCUT2D eigenvalue weighted by atomic mass is 9.99. The van der Waals surface area contributed by atoms with Crippen LogP contribution in [0.15, 0.2) is 191 Å². The molecular weight excluding hydrogens is 625 g/mol. The van der Waals surface area contributed by atoms with Crippen molar-refractivity contribution in [3.63, 3.8) is 0 Å². The lowest BCUT2D eigenvalue weighted by Gasteiger charge is -2.28. The molecule has 0 fully saturated rings. The van der Waals surface area contributed by atoms with E-state index in [1.54, 1.807) is 0 Å². The monoisotopic (exact) mass is 654 g/mol. The van der Waals surface area contributed by atoms with Gasteiger partial charge in [-0.3, -0.25) is 0 Å². The van der Waals surface area contributed by atoms with Crippen LogP contribution in [0.3, 0.4) is 0 Å². The molecule has 0 amide bonds. The summed E-state index contributed by atoms with van der Waals surface area (Å²) in [7, 11) is 0. The van der Waals surface area contributed by atoms with Crippen LogP contribution in [-0.4, -0.2) is 4.98 Å². The van der Waals surface area contributed by atoms with Crippen LogP contribution in [0.1, 0.15) is 0 Å². The fourth-order valence-electron chi connectivity index (χ4n) is 7.27. The summed E-state index contributed by atoms with van der Waals surface area (Å²) in [6, 6.07) is 63.5. The summed E-state index contributed by atoms with van der Waals surface area (Å²) >= 11 is 0. The van der Waals surface area contributed by atoms with Gasteiger partial charge in [0, 0.05) is 39.3 Å². The summed E-state index contributed by atoms with van der Waals surface area (Å²) in [5.41, 5.74) is 11.8. The summed E-state index contributed by atoms with van der Waals surface area (Å²) in [6.45, 7) is 0. The number of aromatic nitrogens is 1. The molecule has 0 radical (unpaired) electrons. The summed E-state index contributed by atoms with van der Waals surface area (Å²) < 4.78 is 12.8. The van der Waals surface area contributed by atoms with E-state index < -0.39 is 0 Å². The Balaban J connectivity index is 1.16. The van der Waals surface area contributed by atoms with E-state index >= 15 is 0 Å². The third kappa shape index (κ3) is 5.04. The van der Waals surface area contributed by atoms with E-state index in [0.717, 1.165) is 72.4 Å². The Morgan fingerprint density at radius 3 is 2.04 bits per heavy atom. The highest BCUT2D eigenvalue weighted by Gasteiger charge is 2.21. The zero-order valence-electron chi connectivity index (χ0n) is 27.5. The van der Waals surface area contributed by atoms with E-state index in [-0.39, 0.29) is 0 Å². The molecule has 8 aromatic carbocycles. The molecule has 0 bridgehead atoms. The highest BCUT2D eigenvalue weighted by molar-refractivity contribution is 6.12. The fraction of sp³-hybridized carbons (Fsp3) is 0. The minimum atomic E-state index is 0.581. The molecule has 0 aliphatic rings. The predicted octanol–water partition coefficient (Wildman–Crippen LogP) is 13.4. The van der Waals surface area contributed by atoms with Crippen LogP contribution < -0.4 is 4.90 Å². The van der Waals surface area contributed by atoms with Gasteiger partial charge < -0.3 is 13.7 Å². The van der Waals surface area contributed by atoms with Gasteiger partial charge in [0.25, 0.3) is 0 Å². The molecule has 0 atom stereocenters. The van der Waals surface area contributed by atoms with Gasteiger partial charge in [0.15, 0.2) is 5.58 Å². The Labute approximate surface area is 294 Å². The Hall–Kier alpha value is -6.91. The van der Waals surface area contributed by atoms with Crippen molar-refractivity contribution in [3.8, 4) is 33.7 Å². The van der Waals surface area contributed by atoms with Crippen molar-refractivity contribution in [2.75, 3.05) is 4.90 Å². The SMILES string of the molecule is c1ccc(-c2ccccc2N(c2cccc(-c3ccc4ccccc4c3)c2)c2ccc3c(c2)oc2cccc(-c4nc5ccccc5o4)c23)cc1. The van der Waals surface area contributed by atoms with Crippen molar-refractivity contribution in [1.29, 1.82) is 0 Å². The maximum atomic E-state index is 6.60. The molecule has 2 aromatic heterocycles. The van der Waals surface area contributed by atoms with Crippen molar-refractivity contribution in [3.05, 3.63) is 182 Å². The average Bonchev–Trinajstić information content (AvgIpc) is 3.80. The van der Waals surface area contributed by atoms with Crippen molar-refractivity contribution in [2.45, 2.75) is 0 Å².